The van der Waals surface area contributed by atoms with Crippen LogP contribution in [0.25, 0.3) is 55.7 Å². The third kappa shape index (κ3) is 5.91. The molecule has 46 heavy (non-hydrogen) atoms. The Morgan fingerprint density at radius 2 is 1.76 bits per heavy atom. The fourth-order valence-electron chi connectivity index (χ4n) is 6.52. The summed E-state index contributed by atoms with van der Waals surface area (Å²) in [6.07, 6.45) is 11.7. The van der Waals surface area contributed by atoms with E-state index in [1.807, 2.05) is 30.3 Å². The highest BCUT2D eigenvalue weighted by atomic mass is 19.1. The Hall–Kier alpha value is -4.87. The maximum atomic E-state index is 14.8. The Balaban J connectivity index is 1.08. The van der Waals surface area contributed by atoms with Crippen molar-refractivity contribution in [2.24, 2.45) is 0 Å². The van der Waals surface area contributed by atoms with Crippen LogP contribution in [0.2, 0.25) is 0 Å². The van der Waals surface area contributed by atoms with Crippen LogP contribution in [0, 0.1) is 5.82 Å². The lowest BCUT2D eigenvalue weighted by Crippen LogP contribution is -2.34. The van der Waals surface area contributed by atoms with Gasteiger partial charge in [0.15, 0.2) is 0 Å². The monoisotopic (exact) mass is 618 g/mol. The molecule has 2 saturated heterocycles. The number of H-pyrrole nitrogens is 2. The summed E-state index contributed by atoms with van der Waals surface area (Å²) >= 11 is 0. The van der Waals surface area contributed by atoms with Gasteiger partial charge in [0.25, 0.3) is 0 Å². The number of likely N-dealkylation sites (tertiary alicyclic amines) is 1. The SMILES string of the molecule is Fc1cc(OCCN2CCCC2)cc(-c2ccnc3[nH]c(-c4n[nH]c5cnc(-c6cncc(OC7CCNCC7)c6)cc45)cc23)c1. The van der Waals surface area contributed by atoms with E-state index in [0.717, 1.165) is 101 Å². The normalized spacial score (nSPS) is 16.0. The molecule has 11 heteroatoms. The molecule has 0 radical (unpaired) electrons. The van der Waals surface area contributed by atoms with Crippen molar-refractivity contribution in [2.75, 3.05) is 39.3 Å². The first-order valence-electron chi connectivity index (χ1n) is 16.0. The van der Waals surface area contributed by atoms with Crippen LogP contribution in [0.3, 0.4) is 0 Å². The van der Waals surface area contributed by atoms with E-state index in [2.05, 4.69) is 40.3 Å². The summed E-state index contributed by atoms with van der Waals surface area (Å²) in [4.78, 5) is 19.5. The largest absolute Gasteiger partial charge is 0.492 e. The van der Waals surface area contributed by atoms with Gasteiger partial charge in [0.2, 0.25) is 0 Å². The lowest BCUT2D eigenvalue weighted by atomic mass is 10.0. The number of aromatic amines is 2. The van der Waals surface area contributed by atoms with Crippen molar-refractivity contribution in [1.29, 1.82) is 0 Å². The number of ether oxygens (including phenoxy) is 2. The lowest BCUT2D eigenvalue weighted by Gasteiger charge is -2.23. The van der Waals surface area contributed by atoms with Crippen LogP contribution >= 0.6 is 0 Å². The van der Waals surface area contributed by atoms with Gasteiger partial charge in [-0.1, -0.05) is 0 Å². The molecule has 2 aliphatic rings. The molecule has 2 aliphatic heterocycles. The minimum Gasteiger partial charge on any atom is -0.492 e. The molecule has 0 aliphatic carbocycles. The maximum Gasteiger partial charge on any atom is 0.138 e. The Kier molecular flexibility index (Phi) is 7.77. The third-order valence-electron chi connectivity index (χ3n) is 8.89. The Morgan fingerprint density at radius 1 is 0.891 bits per heavy atom. The number of piperidine rings is 1. The molecule has 234 valence electrons. The van der Waals surface area contributed by atoms with Gasteiger partial charge < -0.3 is 19.8 Å². The molecule has 3 N–H and O–H groups in total. The summed E-state index contributed by atoms with van der Waals surface area (Å²) in [6, 6.07) is 12.8. The number of aromatic nitrogens is 6. The van der Waals surface area contributed by atoms with Crippen molar-refractivity contribution < 1.29 is 13.9 Å². The number of nitrogens with one attached hydrogen (secondary N) is 3. The van der Waals surface area contributed by atoms with E-state index in [0.29, 0.717) is 18.0 Å². The highest BCUT2D eigenvalue weighted by molar-refractivity contribution is 6.00. The average molecular weight is 619 g/mol. The maximum absolute atomic E-state index is 14.8. The number of rotatable bonds is 9. The first kappa shape index (κ1) is 28.6. The number of pyridine rings is 3. The fraction of sp³-hybridized carbons (Fsp3) is 0.314. The molecule has 10 nitrogen and oxygen atoms in total. The predicted octanol–water partition coefficient (Wildman–Crippen LogP) is 5.97. The molecule has 0 atom stereocenters. The smallest absolute Gasteiger partial charge is 0.138 e. The molecule has 7 heterocycles. The summed E-state index contributed by atoms with van der Waals surface area (Å²) in [6.45, 7) is 5.49. The second-order valence-electron chi connectivity index (χ2n) is 12.0. The highest BCUT2D eigenvalue weighted by Gasteiger charge is 2.18. The predicted molar refractivity (Wildman–Crippen MR) is 175 cm³/mol. The van der Waals surface area contributed by atoms with E-state index < -0.39 is 0 Å². The van der Waals surface area contributed by atoms with Crippen LogP contribution in [0.15, 0.2) is 67.3 Å². The highest BCUT2D eigenvalue weighted by Crippen LogP contribution is 2.35. The minimum atomic E-state index is -0.340. The van der Waals surface area contributed by atoms with Crippen LogP contribution in [-0.4, -0.2) is 80.5 Å². The lowest BCUT2D eigenvalue weighted by molar-refractivity contribution is 0.162. The minimum absolute atomic E-state index is 0.181. The van der Waals surface area contributed by atoms with E-state index in [9.17, 15) is 4.39 Å². The Labute approximate surface area is 265 Å². The van der Waals surface area contributed by atoms with Gasteiger partial charge in [0, 0.05) is 41.3 Å². The average Bonchev–Trinajstić information content (AvgIpc) is 3.85. The van der Waals surface area contributed by atoms with Crippen molar-refractivity contribution in [3.05, 3.63) is 73.1 Å². The molecule has 0 saturated carbocycles. The second-order valence-corrected chi connectivity index (χ2v) is 12.0. The topological polar surface area (TPSA) is 117 Å². The molecule has 0 spiro atoms. The zero-order valence-corrected chi connectivity index (χ0v) is 25.4. The quantitative estimate of drug-likeness (QED) is 0.181. The summed E-state index contributed by atoms with van der Waals surface area (Å²) < 4.78 is 27.0. The van der Waals surface area contributed by atoms with Gasteiger partial charge in [-0.05, 0) is 99.4 Å². The van der Waals surface area contributed by atoms with Crippen LogP contribution in [0.1, 0.15) is 25.7 Å². The molecule has 1 aromatic carbocycles. The first-order valence-corrected chi connectivity index (χ1v) is 16.0. The van der Waals surface area contributed by atoms with E-state index in [4.69, 9.17) is 9.47 Å². The van der Waals surface area contributed by atoms with Crippen LogP contribution < -0.4 is 14.8 Å². The number of halogens is 1. The zero-order valence-electron chi connectivity index (χ0n) is 25.4. The van der Waals surface area contributed by atoms with Gasteiger partial charge in [-0.2, -0.15) is 5.10 Å². The molecule has 0 amide bonds. The van der Waals surface area contributed by atoms with E-state index in [1.165, 1.54) is 25.0 Å². The number of benzene rings is 1. The standard InChI is InChI=1S/C35H35FN8O2/c36-24-13-22(14-26(16-24)45-12-11-44-9-1-2-10-44)28-5-8-39-35-29(28)17-32(41-35)34-30-18-31(40-21-33(30)42-43-34)23-15-27(20-38-19-23)46-25-3-6-37-7-4-25/h5,8,13-21,25,37H,1-4,6-7,9-12H2,(H,39,41)(H,42,43). The summed E-state index contributed by atoms with van der Waals surface area (Å²) in [5.74, 6) is 0.922. The molecule has 0 bridgehead atoms. The van der Waals surface area contributed by atoms with E-state index in [-0.39, 0.29) is 11.9 Å². The van der Waals surface area contributed by atoms with Gasteiger partial charge in [-0.3, -0.25) is 20.0 Å². The first-order chi connectivity index (χ1) is 22.7. The molecular weight excluding hydrogens is 583 g/mol. The number of fused-ring (bicyclic) bond motifs is 2. The van der Waals surface area contributed by atoms with Gasteiger partial charge in [-0.15, -0.1) is 0 Å². The van der Waals surface area contributed by atoms with Crippen molar-refractivity contribution in [3.8, 4) is 45.3 Å². The molecule has 2 fully saturated rings. The van der Waals surface area contributed by atoms with Crippen molar-refractivity contribution in [3.63, 3.8) is 0 Å². The fourth-order valence-corrected chi connectivity index (χ4v) is 6.52. The Bertz CT molecular complexity index is 1990. The van der Waals surface area contributed by atoms with Gasteiger partial charge in [0.05, 0.1) is 29.3 Å². The number of hydrogen-bond acceptors (Lipinski definition) is 8. The molecule has 0 unspecified atom stereocenters. The van der Waals surface area contributed by atoms with Crippen LogP contribution in [0.4, 0.5) is 4.39 Å². The summed E-state index contributed by atoms with van der Waals surface area (Å²) in [7, 11) is 0. The molecular formula is C35H35FN8O2. The van der Waals surface area contributed by atoms with Gasteiger partial charge in [-0.25, -0.2) is 9.37 Å². The van der Waals surface area contributed by atoms with Crippen LogP contribution in [-0.2, 0) is 0 Å². The number of nitrogens with zero attached hydrogens (tertiary/aromatic N) is 5. The van der Waals surface area contributed by atoms with E-state index in [1.54, 1.807) is 24.8 Å². The second kappa shape index (κ2) is 12.5. The summed E-state index contributed by atoms with van der Waals surface area (Å²) in [5, 5.41) is 12.9. The van der Waals surface area contributed by atoms with Gasteiger partial charge >= 0.3 is 0 Å². The van der Waals surface area contributed by atoms with Crippen molar-refractivity contribution >= 4 is 21.9 Å². The van der Waals surface area contributed by atoms with Crippen molar-refractivity contribution in [1.82, 2.24) is 40.3 Å². The zero-order chi connectivity index (χ0) is 30.9. The van der Waals surface area contributed by atoms with Crippen LogP contribution in [0.5, 0.6) is 11.5 Å². The Morgan fingerprint density at radius 3 is 2.65 bits per heavy atom. The third-order valence-corrected chi connectivity index (χ3v) is 8.89. The molecule has 6 aromatic rings. The van der Waals surface area contributed by atoms with Gasteiger partial charge in [0.1, 0.15) is 41.4 Å². The van der Waals surface area contributed by atoms with E-state index >= 15 is 0 Å². The van der Waals surface area contributed by atoms with Crippen molar-refractivity contribution in [2.45, 2.75) is 31.8 Å². The summed E-state index contributed by atoms with van der Waals surface area (Å²) in [5.41, 5.74) is 6.24. The molecule has 8 rings (SSSR count). The number of hydrogen-bond donors (Lipinski definition) is 3. The molecule has 5 aromatic heterocycles.